The number of anilines is 1. The van der Waals surface area contributed by atoms with Crippen LogP contribution < -0.4 is 10.6 Å². The highest BCUT2D eigenvalue weighted by Crippen LogP contribution is 2.28. The normalized spacial score (nSPS) is 11.8. The van der Waals surface area contributed by atoms with Crippen molar-refractivity contribution in [2.45, 2.75) is 32.0 Å². The lowest BCUT2D eigenvalue weighted by Gasteiger charge is -2.21. The van der Waals surface area contributed by atoms with Gasteiger partial charge in [0.05, 0.1) is 27.4 Å². The minimum Gasteiger partial charge on any atom is -0.342 e. The van der Waals surface area contributed by atoms with Crippen molar-refractivity contribution in [1.29, 1.82) is 0 Å². The first-order valence-electron chi connectivity index (χ1n) is 10.7. The molecule has 35 heavy (non-hydrogen) atoms. The number of halogens is 1. The van der Waals surface area contributed by atoms with Gasteiger partial charge in [0.1, 0.15) is 0 Å². The van der Waals surface area contributed by atoms with Gasteiger partial charge in [0.2, 0.25) is 5.91 Å². The summed E-state index contributed by atoms with van der Waals surface area (Å²) in [6, 6.07) is 10.7. The molecule has 1 aromatic heterocycles. The van der Waals surface area contributed by atoms with E-state index < -0.39 is 16.9 Å². The van der Waals surface area contributed by atoms with Crippen LogP contribution in [-0.2, 0) is 11.8 Å². The van der Waals surface area contributed by atoms with Crippen LogP contribution in [0, 0.1) is 23.0 Å². The van der Waals surface area contributed by atoms with Crippen LogP contribution in [0.3, 0.4) is 0 Å². The summed E-state index contributed by atoms with van der Waals surface area (Å²) in [6.07, 6.45) is 0. The van der Waals surface area contributed by atoms with Crippen LogP contribution in [0.2, 0.25) is 5.02 Å². The highest BCUT2D eigenvalue weighted by atomic mass is 35.5. The lowest BCUT2D eigenvalue weighted by atomic mass is 10.0. The molecular formula is C23H25ClN6O4S. The predicted molar refractivity (Wildman–Crippen MR) is 135 cm³/mol. The van der Waals surface area contributed by atoms with Crippen molar-refractivity contribution in [2.24, 2.45) is 13.0 Å². The minimum absolute atomic E-state index is 0.0208. The molecule has 0 fully saturated rings. The Morgan fingerprint density at radius 2 is 1.86 bits per heavy atom. The summed E-state index contributed by atoms with van der Waals surface area (Å²) in [4.78, 5) is 35.6. The van der Waals surface area contributed by atoms with Gasteiger partial charge in [-0.2, -0.15) is 0 Å². The number of hydrogen-bond donors (Lipinski definition) is 2. The van der Waals surface area contributed by atoms with E-state index in [9.17, 15) is 19.7 Å². The molecule has 0 unspecified atom stereocenters. The molecule has 0 radical (unpaired) electrons. The first kappa shape index (κ1) is 26.2. The number of carbonyl (C=O) groups is 2. The SMILES string of the molecule is Cc1ccc(C(=O)N[C@H](c2nnc(SCC(=O)Nc3cc([N+](=O)[O-])ccc3Cl)n2C)C(C)C)cc1. The van der Waals surface area contributed by atoms with E-state index in [2.05, 4.69) is 20.8 Å². The molecule has 2 aromatic carbocycles. The topological polar surface area (TPSA) is 132 Å². The number of hydrogen-bond acceptors (Lipinski definition) is 7. The second-order valence-corrected chi connectivity index (χ2v) is 9.57. The highest BCUT2D eigenvalue weighted by molar-refractivity contribution is 7.99. The van der Waals surface area contributed by atoms with E-state index in [1.54, 1.807) is 23.7 Å². The number of aromatic nitrogens is 3. The number of nitrogens with one attached hydrogen (secondary N) is 2. The minimum atomic E-state index is -0.565. The van der Waals surface area contributed by atoms with E-state index in [1.165, 1.54) is 18.2 Å². The zero-order chi connectivity index (χ0) is 25.7. The zero-order valence-electron chi connectivity index (χ0n) is 19.6. The summed E-state index contributed by atoms with van der Waals surface area (Å²) in [5, 5.41) is 25.7. The Labute approximate surface area is 211 Å². The van der Waals surface area contributed by atoms with E-state index in [0.29, 0.717) is 16.5 Å². The van der Waals surface area contributed by atoms with Crippen molar-refractivity contribution in [1.82, 2.24) is 20.1 Å². The van der Waals surface area contributed by atoms with Gasteiger partial charge in [0.15, 0.2) is 11.0 Å². The van der Waals surface area contributed by atoms with Gasteiger partial charge in [-0.3, -0.25) is 19.7 Å². The van der Waals surface area contributed by atoms with Gasteiger partial charge in [0, 0.05) is 24.7 Å². The van der Waals surface area contributed by atoms with Crippen LogP contribution in [-0.4, -0.2) is 37.3 Å². The Balaban J connectivity index is 1.67. The maximum absolute atomic E-state index is 12.8. The molecule has 3 aromatic rings. The fourth-order valence-corrected chi connectivity index (χ4v) is 4.10. The maximum Gasteiger partial charge on any atom is 0.271 e. The molecule has 0 saturated heterocycles. The average molecular weight is 517 g/mol. The number of benzene rings is 2. The quantitative estimate of drug-likeness (QED) is 0.242. The van der Waals surface area contributed by atoms with Gasteiger partial charge in [-0.1, -0.05) is 54.9 Å². The van der Waals surface area contributed by atoms with Gasteiger partial charge in [-0.05, 0) is 31.0 Å². The van der Waals surface area contributed by atoms with Crippen LogP contribution in [0.15, 0.2) is 47.6 Å². The van der Waals surface area contributed by atoms with Crippen LogP contribution in [0.25, 0.3) is 0 Å². The maximum atomic E-state index is 12.8. The Morgan fingerprint density at radius 1 is 1.17 bits per heavy atom. The Morgan fingerprint density at radius 3 is 2.49 bits per heavy atom. The molecule has 184 valence electrons. The molecule has 0 saturated carbocycles. The molecule has 1 heterocycles. The van der Waals surface area contributed by atoms with Crippen molar-refractivity contribution in [3.63, 3.8) is 0 Å². The Bertz CT molecular complexity index is 1250. The van der Waals surface area contributed by atoms with Crippen molar-refractivity contribution < 1.29 is 14.5 Å². The third-order valence-electron chi connectivity index (χ3n) is 5.18. The summed E-state index contributed by atoms with van der Waals surface area (Å²) in [7, 11) is 1.76. The molecule has 12 heteroatoms. The summed E-state index contributed by atoms with van der Waals surface area (Å²) in [5.41, 5.74) is 1.59. The molecular weight excluding hydrogens is 492 g/mol. The van der Waals surface area contributed by atoms with E-state index in [1.807, 2.05) is 32.9 Å². The molecule has 1 atom stereocenters. The molecule has 0 aliphatic carbocycles. The van der Waals surface area contributed by atoms with Crippen LogP contribution in [0.5, 0.6) is 0 Å². The largest absolute Gasteiger partial charge is 0.342 e. The van der Waals surface area contributed by atoms with Gasteiger partial charge >= 0.3 is 0 Å². The number of rotatable bonds is 9. The standard InChI is InChI=1S/C23H25ClN6O4S/c1-13(2)20(26-22(32)15-7-5-14(3)6-8-15)21-27-28-23(29(21)4)35-12-19(31)25-18-11-16(30(33)34)9-10-17(18)24/h5-11,13,20H,12H2,1-4H3,(H,25,31)(H,26,32)/t20-/m0/s1. The first-order valence-corrected chi connectivity index (χ1v) is 12.1. The van der Waals surface area contributed by atoms with Gasteiger partial charge in [0.25, 0.3) is 11.6 Å². The molecule has 10 nitrogen and oxygen atoms in total. The van der Waals surface area contributed by atoms with E-state index in [-0.39, 0.29) is 34.0 Å². The monoisotopic (exact) mass is 516 g/mol. The average Bonchev–Trinajstić information content (AvgIpc) is 3.17. The highest BCUT2D eigenvalue weighted by Gasteiger charge is 2.25. The lowest BCUT2D eigenvalue weighted by molar-refractivity contribution is -0.384. The zero-order valence-corrected chi connectivity index (χ0v) is 21.2. The summed E-state index contributed by atoms with van der Waals surface area (Å²) in [5.74, 6) is -0.0497. The molecule has 2 N–H and O–H groups in total. The van der Waals surface area contributed by atoms with Crippen LogP contribution in [0.4, 0.5) is 11.4 Å². The molecule has 0 aliphatic heterocycles. The molecule has 0 bridgehead atoms. The third-order valence-corrected chi connectivity index (χ3v) is 6.53. The number of nitrogens with zero attached hydrogens (tertiary/aromatic N) is 4. The van der Waals surface area contributed by atoms with Crippen molar-refractivity contribution in [3.8, 4) is 0 Å². The van der Waals surface area contributed by atoms with E-state index >= 15 is 0 Å². The fraction of sp³-hybridized carbons (Fsp3) is 0.304. The smallest absolute Gasteiger partial charge is 0.271 e. The van der Waals surface area contributed by atoms with Gasteiger partial charge < -0.3 is 15.2 Å². The van der Waals surface area contributed by atoms with Gasteiger partial charge in [-0.15, -0.1) is 10.2 Å². The number of nitro groups is 1. The number of non-ortho nitro benzene ring substituents is 1. The molecule has 2 amide bonds. The number of thioether (sulfide) groups is 1. The summed E-state index contributed by atoms with van der Waals surface area (Å²) >= 11 is 7.19. The number of aryl methyl sites for hydroxylation is 1. The second-order valence-electron chi connectivity index (χ2n) is 8.22. The van der Waals surface area contributed by atoms with Crippen molar-refractivity contribution in [2.75, 3.05) is 11.1 Å². The fourth-order valence-electron chi connectivity index (χ4n) is 3.22. The Hall–Kier alpha value is -3.44. The predicted octanol–water partition coefficient (Wildman–Crippen LogP) is 4.54. The number of amides is 2. The van der Waals surface area contributed by atoms with E-state index in [0.717, 1.165) is 17.3 Å². The third kappa shape index (κ3) is 6.58. The first-order chi connectivity index (χ1) is 16.6. The van der Waals surface area contributed by atoms with E-state index in [4.69, 9.17) is 11.6 Å². The molecule has 3 rings (SSSR count). The summed E-state index contributed by atoms with van der Waals surface area (Å²) in [6.45, 7) is 5.89. The number of nitro benzene ring substituents is 1. The van der Waals surface area contributed by atoms with Crippen LogP contribution >= 0.6 is 23.4 Å². The lowest BCUT2D eigenvalue weighted by Crippen LogP contribution is -2.33. The Kier molecular flexibility index (Phi) is 8.47. The number of carbonyl (C=O) groups excluding carboxylic acids is 2. The van der Waals surface area contributed by atoms with Crippen LogP contribution in [0.1, 0.15) is 41.6 Å². The summed E-state index contributed by atoms with van der Waals surface area (Å²) < 4.78 is 1.73. The second kappa shape index (κ2) is 11.3. The molecule has 0 spiro atoms. The molecule has 0 aliphatic rings. The van der Waals surface area contributed by atoms with Crippen molar-refractivity contribution >= 4 is 46.6 Å². The van der Waals surface area contributed by atoms with Crippen molar-refractivity contribution in [3.05, 3.63) is 74.6 Å². The van der Waals surface area contributed by atoms with Gasteiger partial charge in [-0.25, -0.2) is 0 Å².